The smallest absolute Gasteiger partial charge is 0.0558 e. The number of β-amino-alcohol motifs (C(OH)–C–C–N with tert-alkyl or cyclic N) is 1. The lowest BCUT2D eigenvalue weighted by Gasteiger charge is -2.21. The molecule has 0 aliphatic carbocycles. The molecule has 0 bridgehead atoms. The van der Waals surface area contributed by atoms with Crippen LogP contribution >= 0.6 is 11.6 Å². The fourth-order valence-electron chi connectivity index (χ4n) is 2.42. The van der Waals surface area contributed by atoms with Crippen LogP contribution in [0.5, 0.6) is 0 Å². The molecule has 0 unspecified atom stereocenters. The van der Waals surface area contributed by atoms with Crippen LogP contribution in [0.4, 0.5) is 0 Å². The van der Waals surface area contributed by atoms with Gasteiger partial charge >= 0.3 is 0 Å². The van der Waals surface area contributed by atoms with Crippen molar-refractivity contribution in [2.45, 2.75) is 13.0 Å². The van der Waals surface area contributed by atoms with Gasteiger partial charge in [-0.05, 0) is 31.1 Å². The molecule has 0 atom stereocenters. The zero-order valence-corrected chi connectivity index (χ0v) is 11.4. The number of nitrogens with zero attached hydrogens (tertiary/aromatic N) is 2. The highest BCUT2D eigenvalue weighted by molar-refractivity contribution is 6.31. The van der Waals surface area contributed by atoms with Crippen LogP contribution in [0.3, 0.4) is 0 Å². The Hall–Kier alpha value is -0.610. The molecule has 4 heteroatoms. The van der Waals surface area contributed by atoms with Crippen molar-refractivity contribution in [2.75, 3.05) is 39.3 Å². The van der Waals surface area contributed by atoms with Crippen LogP contribution in [0.15, 0.2) is 24.3 Å². The van der Waals surface area contributed by atoms with Gasteiger partial charge in [0.05, 0.1) is 6.61 Å². The van der Waals surface area contributed by atoms with E-state index in [0.29, 0.717) is 0 Å². The monoisotopic (exact) mass is 268 g/mol. The lowest BCUT2D eigenvalue weighted by atomic mass is 10.2. The largest absolute Gasteiger partial charge is 0.395 e. The fourth-order valence-corrected chi connectivity index (χ4v) is 2.61. The molecule has 1 aliphatic rings. The summed E-state index contributed by atoms with van der Waals surface area (Å²) in [4.78, 5) is 4.77. The van der Waals surface area contributed by atoms with Gasteiger partial charge in [0.15, 0.2) is 0 Å². The summed E-state index contributed by atoms with van der Waals surface area (Å²) in [5.74, 6) is 0. The van der Waals surface area contributed by atoms with Crippen molar-refractivity contribution in [2.24, 2.45) is 0 Å². The quantitative estimate of drug-likeness (QED) is 0.903. The molecule has 1 N–H and O–H groups in total. The molecule has 0 radical (unpaired) electrons. The lowest BCUT2D eigenvalue weighted by molar-refractivity contribution is 0.196. The molecule has 1 aliphatic heterocycles. The van der Waals surface area contributed by atoms with Crippen molar-refractivity contribution in [3.8, 4) is 0 Å². The van der Waals surface area contributed by atoms with E-state index in [1.807, 2.05) is 18.2 Å². The zero-order valence-electron chi connectivity index (χ0n) is 10.7. The number of hydrogen-bond acceptors (Lipinski definition) is 3. The summed E-state index contributed by atoms with van der Waals surface area (Å²) in [6.45, 7) is 6.24. The normalized spacial score (nSPS) is 18.8. The minimum atomic E-state index is 0.254. The number of rotatable bonds is 4. The Morgan fingerprint density at radius 2 is 1.78 bits per heavy atom. The van der Waals surface area contributed by atoms with Crippen molar-refractivity contribution < 1.29 is 5.11 Å². The first-order valence-corrected chi connectivity index (χ1v) is 6.96. The van der Waals surface area contributed by atoms with Crippen molar-refractivity contribution in [1.82, 2.24) is 9.80 Å². The molecular formula is C14H21ClN2O. The maximum absolute atomic E-state index is 8.98. The molecule has 0 spiro atoms. The number of halogens is 1. The second kappa shape index (κ2) is 7.10. The van der Waals surface area contributed by atoms with E-state index in [4.69, 9.17) is 16.7 Å². The highest BCUT2D eigenvalue weighted by Crippen LogP contribution is 2.17. The number of benzene rings is 1. The summed E-state index contributed by atoms with van der Waals surface area (Å²) in [5, 5.41) is 9.83. The van der Waals surface area contributed by atoms with Crippen LogP contribution in [-0.2, 0) is 6.54 Å². The van der Waals surface area contributed by atoms with Gasteiger partial charge in [-0.1, -0.05) is 29.8 Å². The Labute approximate surface area is 114 Å². The highest BCUT2D eigenvalue weighted by Gasteiger charge is 2.15. The van der Waals surface area contributed by atoms with E-state index in [1.54, 1.807) is 0 Å². The first kappa shape index (κ1) is 13.8. The van der Waals surface area contributed by atoms with Crippen LogP contribution < -0.4 is 0 Å². The van der Waals surface area contributed by atoms with Gasteiger partial charge < -0.3 is 5.11 Å². The number of aliphatic hydroxyl groups excluding tert-OH is 1. The Morgan fingerprint density at radius 3 is 2.56 bits per heavy atom. The minimum absolute atomic E-state index is 0.254. The van der Waals surface area contributed by atoms with E-state index in [0.717, 1.165) is 50.7 Å². The zero-order chi connectivity index (χ0) is 12.8. The summed E-state index contributed by atoms with van der Waals surface area (Å²) in [6.07, 6.45) is 1.16. The molecule has 0 aromatic heterocycles. The van der Waals surface area contributed by atoms with Crippen LogP contribution in [0, 0.1) is 0 Å². The maximum atomic E-state index is 8.98. The summed E-state index contributed by atoms with van der Waals surface area (Å²) < 4.78 is 0. The van der Waals surface area contributed by atoms with E-state index in [9.17, 15) is 0 Å². The Bertz CT molecular complexity index is 373. The first-order chi connectivity index (χ1) is 8.79. The van der Waals surface area contributed by atoms with Gasteiger partial charge in [0.2, 0.25) is 0 Å². The van der Waals surface area contributed by atoms with Crippen molar-refractivity contribution in [3.63, 3.8) is 0 Å². The SMILES string of the molecule is OCCN1CCCN(Cc2ccccc2Cl)CC1. The minimum Gasteiger partial charge on any atom is -0.395 e. The molecule has 1 fully saturated rings. The van der Waals surface area contributed by atoms with Crippen LogP contribution in [0.2, 0.25) is 5.02 Å². The maximum Gasteiger partial charge on any atom is 0.0558 e. The van der Waals surface area contributed by atoms with E-state index >= 15 is 0 Å². The van der Waals surface area contributed by atoms with Gasteiger partial charge in [-0.2, -0.15) is 0 Å². The number of hydrogen-bond donors (Lipinski definition) is 1. The molecule has 0 amide bonds. The van der Waals surface area contributed by atoms with Crippen molar-refractivity contribution in [3.05, 3.63) is 34.9 Å². The number of aliphatic hydroxyl groups is 1. The molecular weight excluding hydrogens is 248 g/mol. The molecule has 1 aromatic carbocycles. The standard InChI is InChI=1S/C14H21ClN2O/c15-14-5-2-1-4-13(14)12-17-7-3-6-16(8-9-17)10-11-18/h1-2,4-5,18H,3,6-12H2. The second-order valence-electron chi connectivity index (χ2n) is 4.79. The summed E-state index contributed by atoms with van der Waals surface area (Å²) in [7, 11) is 0. The third kappa shape index (κ3) is 3.95. The fraction of sp³-hybridized carbons (Fsp3) is 0.571. The molecule has 1 saturated heterocycles. The molecule has 1 aromatic rings. The molecule has 100 valence electrons. The van der Waals surface area contributed by atoms with Crippen LogP contribution in [-0.4, -0.2) is 54.2 Å². The average molecular weight is 269 g/mol. The predicted octanol–water partition coefficient (Wildman–Crippen LogP) is 1.84. The lowest BCUT2D eigenvalue weighted by Crippen LogP contribution is -2.32. The van der Waals surface area contributed by atoms with Gasteiger partial charge in [-0.3, -0.25) is 9.80 Å². The molecule has 0 saturated carbocycles. The molecule has 18 heavy (non-hydrogen) atoms. The third-order valence-corrected chi connectivity index (χ3v) is 3.82. The van der Waals surface area contributed by atoms with E-state index in [1.165, 1.54) is 5.56 Å². The third-order valence-electron chi connectivity index (χ3n) is 3.45. The van der Waals surface area contributed by atoms with Crippen LogP contribution in [0.1, 0.15) is 12.0 Å². The first-order valence-electron chi connectivity index (χ1n) is 6.58. The Morgan fingerprint density at radius 1 is 1.06 bits per heavy atom. The molecule has 3 nitrogen and oxygen atoms in total. The summed E-state index contributed by atoms with van der Waals surface area (Å²) in [6, 6.07) is 8.06. The average Bonchev–Trinajstić information content (AvgIpc) is 2.59. The van der Waals surface area contributed by atoms with Gasteiger partial charge in [-0.15, -0.1) is 0 Å². The van der Waals surface area contributed by atoms with Gasteiger partial charge in [-0.25, -0.2) is 0 Å². The summed E-state index contributed by atoms with van der Waals surface area (Å²) >= 11 is 6.19. The van der Waals surface area contributed by atoms with E-state index < -0.39 is 0 Å². The molecule has 1 heterocycles. The van der Waals surface area contributed by atoms with Crippen molar-refractivity contribution in [1.29, 1.82) is 0 Å². The van der Waals surface area contributed by atoms with Gasteiger partial charge in [0.25, 0.3) is 0 Å². The highest BCUT2D eigenvalue weighted by atomic mass is 35.5. The van der Waals surface area contributed by atoms with Gasteiger partial charge in [0.1, 0.15) is 0 Å². The Balaban J connectivity index is 1.89. The van der Waals surface area contributed by atoms with Crippen LogP contribution in [0.25, 0.3) is 0 Å². The van der Waals surface area contributed by atoms with Crippen molar-refractivity contribution >= 4 is 11.6 Å². The topological polar surface area (TPSA) is 26.7 Å². The van der Waals surface area contributed by atoms with E-state index in [-0.39, 0.29) is 6.61 Å². The Kier molecular flexibility index (Phi) is 5.45. The second-order valence-corrected chi connectivity index (χ2v) is 5.19. The summed E-state index contributed by atoms with van der Waals surface area (Å²) in [5.41, 5.74) is 1.20. The van der Waals surface area contributed by atoms with E-state index in [2.05, 4.69) is 15.9 Å². The molecule has 2 rings (SSSR count). The predicted molar refractivity (Wildman–Crippen MR) is 74.9 cm³/mol. The van der Waals surface area contributed by atoms with Gasteiger partial charge in [0, 0.05) is 31.2 Å².